The Hall–Kier alpha value is -2.48. The number of aromatic nitrogens is 1. The van der Waals surface area contributed by atoms with Gasteiger partial charge in [0.05, 0.1) is 5.69 Å². The van der Waals surface area contributed by atoms with E-state index in [4.69, 9.17) is 4.98 Å². The van der Waals surface area contributed by atoms with Gasteiger partial charge in [-0.15, -0.1) is 11.3 Å². The Kier molecular flexibility index (Phi) is 5.54. The highest BCUT2D eigenvalue weighted by Gasteiger charge is 2.29. The number of carbonyl (C=O) groups is 2. The molecule has 0 bridgehead atoms. The maximum absolute atomic E-state index is 13.7. The second kappa shape index (κ2) is 8.10. The van der Waals surface area contributed by atoms with Crippen LogP contribution in [0.1, 0.15) is 29.5 Å². The van der Waals surface area contributed by atoms with Crippen molar-refractivity contribution >= 4 is 34.0 Å². The number of nitrogens with one attached hydrogen (secondary N) is 1. The van der Waals surface area contributed by atoms with Gasteiger partial charge in [-0.05, 0) is 38.3 Å². The number of anilines is 2. The monoisotopic (exact) mass is 416 g/mol. The summed E-state index contributed by atoms with van der Waals surface area (Å²) >= 11 is 1.66. The lowest BCUT2D eigenvalue weighted by atomic mass is 9.90. The van der Waals surface area contributed by atoms with Crippen LogP contribution in [0.4, 0.5) is 15.2 Å². The van der Waals surface area contributed by atoms with Crippen molar-refractivity contribution < 1.29 is 14.0 Å². The summed E-state index contributed by atoms with van der Waals surface area (Å²) in [6, 6.07) is 4.74. The average molecular weight is 417 g/mol. The summed E-state index contributed by atoms with van der Waals surface area (Å²) in [6.45, 7) is 6.29. The number of halogens is 1. The highest BCUT2D eigenvalue weighted by Crippen LogP contribution is 2.35. The van der Waals surface area contributed by atoms with E-state index in [0.717, 1.165) is 54.7 Å². The van der Waals surface area contributed by atoms with Crippen LogP contribution in [-0.2, 0) is 22.4 Å². The Balaban J connectivity index is 1.41. The van der Waals surface area contributed by atoms with Crippen LogP contribution in [0, 0.1) is 18.7 Å². The van der Waals surface area contributed by atoms with Gasteiger partial charge >= 0.3 is 0 Å². The van der Waals surface area contributed by atoms with E-state index in [1.54, 1.807) is 37.3 Å². The van der Waals surface area contributed by atoms with Crippen molar-refractivity contribution in [2.75, 3.05) is 36.4 Å². The minimum Gasteiger partial charge on any atom is -0.345 e. The van der Waals surface area contributed by atoms with Gasteiger partial charge in [-0.25, -0.2) is 9.37 Å². The van der Waals surface area contributed by atoms with Gasteiger partial charge in [0.15, 0.2) is 5.13 Å². The number of fused-ring (bicyclic) bond motifs is 1. The SMILES string of the molecule is CC(=O)N1CCN(c2nc3c(s2)CC(C(=O)Nc2cccc(F)c2C)CC3)CC1. The van der Waals surface area contributed by atoms with E-state index < -0.39 is 0 Å². The molecule has 1 saturated heterocycles. The molecule has 4 rings (SSSR count). The summed E-state index contributed by atoms with van der Waals surface area (Å²) in [7, 11) is 0. The maximum Gasteiger partial charge on any atom is 0.227 e. The summed E-state index contributed by atoms with van der Waals surface area (Å²) in [4.78, 5) is 34.3. The van der Waals surface area contributed by atoms with Gasteiger partial charge < -0.3 is 15.1 Å². The summed E-state index contributed by atoms with van der Waals surface area (Å²) in [5, 5.41) is 3.88. The van der Waals surface area contributed by atoms with E-state index >= 15 is 0 Å². The zero-order chi connectivity index (χ0) is 20.5. The smallest absolute Gasteiger partial charge is 0.227 e. The molecule has 2 heterocycles. The number of piperazine rings is 1. The van der Waals surface area contributed by atoms with Crippen molar-refractivity contribution in [1.82, 2.24) is 9.88 Å². The number of rotatable bonds is 3. The normalized spacial score (nSPS) is 19.1. The summed E-state index contributed by atoms with van der Waals surface area (Å²) in [5.41, 5.74) is 2.08. The molecule has 0 saturated carbocycles. The molecule has 0 spiro atoms. The van der Waals surface area contributed by atoms with Crippen molar-refractivity contribution in [2.24, 2.45) is 5.92 Å². The molecule has 29 heavy (non-hydrogen) atoms. The molecule has 1 aliphatic carbocycles. The molecule has 154 valence electrons. The Labute approximate surface area is 173 Å². The lowest BCUT2D eigenvalue weighted by Crippen LogP contribution is -2.48. The molecule has 2 aromatic rings. The average Bonchev–Trinajstić information content (AvgIpc) is 3.15. The molecule has 6 nitrogen and oxygen atoms in total. The Morgan fingerprint density at radius 2 is 2.00 bits per heavy atom. The molecule has 2 amide bonds. The summed E-state index contributed by atoms with van der Waals surface area (Å²) in [6.07, 6.45) is 2.19. The number of aryl methyl sites for hydroxylation is 1. The van der Waals surface area contributed by atoms with Crippen molar-refractivity contribution in [2.45, 2.75) is 33.1 Å². The lowest BCUT2D eigenvalue weighted by molar-refractivity contribution is -0.129. The fourth-order valence-electron chi connectivity index (χ4n) is 3.91. The first-order chi connectivity index (χ1) is 13.9. The van der Waals surface area contributed by atoms with Crippen molar-refractivity contribution in [3.8, 4) is 0 Å². The third kappa shape index (κ3) is 4.12. The van der Waals surface area contributed by atoms with E-state index in [1.165, 1.54) is 6.07 Å². The van der Waals surface area contributed by atoms with Crippen molar-refractivity contribution in [3.05, 3.63) is 40.2 Å². The van der Waals surface area contributed by atoms with Crippen LogP contribution in [0.25, 0.3) is 0 Å². The molecular formula is C21H25FN4O2S. The molecular weight excluding hydrogens is 391 g/mol. The maximum atomic E-state index is 13.7. The van der Waals surface area contributed by atoms with Gasteiger partial charge in [0, 0.05) is 55.1 Å². The zero-order valence-electron chi connectivity index (χ0n) is 16.7. The van der Waals surface area contributed by atoms with E-state index in [2.05, 4.69) is 10.2 Å². The number of amides is 2. The van der Waals surface area contributed by atoms with Crippen LogP contribution in [0.5, 0.6) is 0 Å². The van der Waals surface area contributed by atoms with Crippen LogP contribution >= 0.6 is 11.3 Å². The van der Waals surface area contributed by atoms with Crippen molar-refractivity contribution in [3.63, 3.8) is 0 Å². The lowest BCUT2D eigenvalue weighted by Gasteiger charge is -2.33. The predicted octanol–water partition coefficient (Wildman–Crippen LogP) is 3.00. The van der Waals surface area contributed by atoms with Crippen molar-refractivity contribution in [1.29, 1.82) is 0 Å². The third-order valence-electron chi connectivity index (χ3n) is 5.82. The summed E-state index contributed by atoms with van der Waals surface area (Å²) < 4.78 is 13.7. The van der Waals surface area contributed by atoms with E-state index in [0.29, 0.717) is 17.7 Å². The minimum absolute atomic E-state index is 0.0608. The van der Waals surface area contributed by atoms with Gasteiger partial charge in [-0.3, -0.25) is 9.59 Å². The zero-order valence-corrected chi connectivity index (χ0v) is 17.5. The Morgan fingerprint density at radius 3 is 2.72 bits per heavy atom. The second-order valence-corrected chi connectivity index (χ2v) is 8.76. The van der Waals surface area contributed by atoms with Crippen LogP contribution in [0.2, 0.25) is 0 Å². The van der Waals surface area contributed by atoms with Crippen LogP contribution in [-0.4, -0.2) is 47.9 Å². The standard InChI is InChI=1S/C21H25FN4O2S/c1-13-16(22)4-3-5-17(13)23-20(28)15-6-7-18-19(12-15)29-21(24-18)26-10-8-25(9-11-26)14(2)27/h3-5,15H,6-12H2,1-2H3,(H,23,28). The van der Waals surface area contributed by atoms with Gasteiger partial charge in [0.2, 0.25) is 11.8 Å². The first-order valence-electron chi connectivity index (χ1n) is 9.97. The number of nitrogens with zero attached hydrogens (tertiary/aromatic N) is 3. The molecule has 1 atom stereocenters. The van der Waals surface area contributed by atoms with Gasteiger partial charge in [-0.2, -0.15) is 0 Å². The second-order valence-electron chi connectivity index (χ2n) is 7.70. The van der Waals surface area contributed by atoms with Crippen LogP contribution in [0.15, 0.2) is 18.2 Å². The highest BCUT2D eigenvalue weighted by molar-refractivity contribution is 7.15. The topological polar surface area (TPSA) is 65.5 Å². The number of hydrogen-bond donors (Lipinski definition) is 1. The molecule has 1 fully saturated rings. The van der Waals surface area contributed by atoms with Gasteiger partial charge in [-0.1, -0.05) is 6.07 Å². The fraction of sp³-hybridized carbons (Fsp3) is 0.476. The van der Waals surface area contributed by atoms with E-state index in [9.17, 15) is 14.0 Å². The molecule has 1 unspecified atom stereocenters. The number of benzene rings is 1. The molecule has 1 N–H and O–H groups in total. The number of hydrogen-bond acceptors (Lipinski definition) is 5. The third-order valence-corrected chi connectivity index (χ3v) is 7.00. The molecule has 0 radical (unpaired) electrons. The first-order valence-corrected chi connectivity index (χ1v) is 10.8. The van der Waals surface area contributed by atoms with E-state index in [1.807, 2.05) is 4.90 Å². The Morgan fingerprint density at radius 1 is 1.24 bits per heavy atom. The molecule has 1 aromatic heterocycles. The number of carbonyl (C=O) groups excluding carboxylic acids is 2. The quantitative estimate of drug-likeness (QED) is 0.835. The van der Waals surface area contributed by atoms with Gasteiger partial charge in [0.25, 0.3) is 0 Å². The first kappa shape index (κ1) is 19.8. The molecule has 2 aliphatic rings. The molecule has 8 heteroatoms. The Bertz CT molecular complexity index is 937. The molecule has 1 aromatic carbocycles. The van der Waals surface area contributed by atoms with Crippen LogP contribution in [0.3, 0.4) is 0 Å². The molecule has 1 aliphatic heterocycles. The predicted molar refractivity (Wildman–Crippen MR) is 112 cm³/mol. The van der Waals surface area contributed by atoms with Gasteiger partial charge in [0.1, 0.15) is 5.82 Å². The highest BCUT2D eigenvalue weighted by atomic mass is 32.1. The summed E-state index contributed by atoms with van der Waals surface area (Å²) in [5.74, 6) is -0.390. The number of thiazole rings is 1. The van der Waals surface area contributed by atoms with E-state index in [-0.39, 0.29) is 23.5 Å². The minimum atomic E-state index is -0.314. The fourth-order valence-corrected chi connectivity index (χ4v) is 5.15. The largest absolute Gasteiger partial charge is 0.345 e. The van der Waals surface area contributed by atoms with Crippen LogP contribution < -0.4 is 10.2 Å².